The molecule has 3 aliphatic rings. The summed E-state index contributed by atoms with van der Waals surface area (Å²) in [6, 6.07) is 2.26. The summed E-state index contributed by atoms with van der Waals surface area (Å²) in [5, 5.41) is 3.98. The summed E-state index contributed by atoms with van der Waals surface area (Å²) in [7, 11) is 0. The van der Waals surface area contributed by atoms with Crippen molar-refractivity contribution < 1.29 is 0 Å². The van der Waals surface area contributed by atoms with Gasteiger partial charge < -0.3 is 10.2 Å². The lowest BCUT2D eigenvalue weighted by molar-refractivity contribution is 0.146. The number of likely N-dealkylation sites (tertiary alicyclic amines) is 1. The van der Waals surface area contributed by atoms with Gasteiger partial charge in [0.2, 0.25) is 0 Å². The third-order valence-electron chi connectivity index (χ3n) is 6.19. The van der Waals surface area contributed by atoms with Crippen LogP contribution >= 0.6 is 0 Å². The van der Waals surface area contributed by atoms with Crippen LogP contribution in [0, 0.1) is 17.8 Å². The number of hydrogen-bond donors (Lipinski definition) is 1. The van der Waals surface area contributed by atoms with Crippen LogP contribution in [0.4, 0.5) is 0 Å². The average Bonchev–Trinajstić information content (AvgIpc) is 3.01. The average molecular weight is 264 g/mol. The fraction of sp³-hybridized carbons (Fsp3) is 1.00. The zero-order valence-electron chi connectivity index (χ0n) is 13.1. The molecule has 1 saturated heterocycles. The Hall–Kier alpha value is -0.0800. The van der Waals surface area contributed by atoms with E-state index in [1.165, 1.54) is 45.2 Å². The normalized spacial score (nSPS) is 38.2. The summed E-state index contributed by atoms with van der Waals surface area (Å²) in [6.45, 7) is 9.69. The minimum Gasteiger partial charge on any atom is -0.311 e. The van der Waals surface area contributed by atoms with Gasteiger partial charge in [0.15, 0.2) is 0 Å². The Morgan fingerprint density at radius 3 is 2.21 bits per heavy atom. The van der Waals surface area contributed by atoms with Crippen molar-refractivity contribution in [2.24, 2.45) is 17.8 Å². The highest BCUT2D eigenvalue weighted by Gasteiger charge is 2.42. The van der Waals surface area contributed by atoms with E-state index in [2.05, 4.69) is 31.0 Å². The summed E-state index contributed by atoms with van der Waals surface area (Å²) < 4.78 is 0. The molecule has 4 unspecified atom stereocenters. The lowest BCUT2D eigenvalue weighted by atomic mass is 9.83. The summed E-state index contributed by atoms with van der Waals surface area (Å²) in [5.41, 5.74) is 0. The lowest BCUT2D eigenvalue weighted by Crippen LogP contribution is -2.49. The van der Waals surface area contributed by atoms with Crippen LogP contribution in [0.5, 0.6) is 0 Å². The fourth-order valence-electron chi connectivity index (χ4n) is 4.98. The van der Waals surface area contributed by atoms with Gasteiger partial charge in [-0.05, 0) is 83.7 Å². The minimum atomic E-state index is 0.726. The van der Waals surface area contributed by atoms with Gasteiger partial charge >= 0.3 is 0 Å². The second kappa shape index (κ2) is 5.73. The zero-order valence-corrected chi connectivity index (χ0v) is 13.1. The second-order valence-corrected chi connectivity index (χ2v) is 7.70. The molecule has 4 atom stereocenters. The second-order valence-electron chi connectivity index (χ2n) is 7.70. The highest BCUT2D eigenvalue weighted by molar-refractivity contribution is 4.95. The number of nitrogens with zero attached hydrogens (tertiary/aromatic N) is 1. The Morgan fingerprint density at radius 2 is 1.68 bits per heavy atom. The van der Waals surface area contributed by atoms with E-state index in [1.54, 1.807) is 6.42 Å². The lowest BCUT2D eigenvalue weighted by Gasteiger charge is -2.38. The molecule has 1 aliphatic heterocycles. The van der Waals surface area contributed by atoms with Gasteiger partial charge in [0.1, 0.15) is 0 Å². The maximum atomic E-state index is 3.98. The molecule has 19 heavy (non-hydrogen) atoms. The van der Waals surface area contributed by atoms with Gasteiger partial charge in [-0.25, -0.2) is 0 Å². The monoisotopic (exact) mass is 264 g/mol. The van der Waals surface area contributed by atoms with Gasteiger partial charge in [-0.2, -0.15) is 0 Å². The predicted octanol–water partition coefficient (Wildman–Crippen LogP) is 3.27. The van der Waals surface area contributed by atoms with E-state index in [9.17, 15) is 0 Å². The molecule has 2 saturated carbocycles. The summed E-state index contributed by atoms with van der Waals surface area (Å²) in [6.07, 6.45) is 8.81. The van der Waals surface area contributed by atoms with Crippen molar-refractivity contribution in [3.8, 4) is 0 Å². The Kier molecular flexibility index (Phi) is 4.19. The molecule has 110 valence electrons. The van der Waals surface area contributed by atoms with Crippen LogP contribution in [0.1, 0.15) is 59.3 Å². The maximum absolute atomic E-state index is 3.98. The standard InChI is InChI=1S/C17H32N2/c1-12(2)19-8-6-16(7-9-19)18-13(3)17-11-14-4-5-15(17)10-14/h12-18H,4-11H2,1-3H3. The van der Waals surface area contributed by atoms with Gasteiger partial charge in [0, 0.05) is 18.1 Å². The van der Waals surface area contributed by atoms with Gasteiger partial charge in [0.25, 0.3) is 0 Å². The highest BCUT2D eigenvalue weighted by Crippen LogP contribution is 2.49. The third-order valence-corrected chi connectivity index (χ3v) is 6.19. The quantitative estimate of drug-likeness (QED) is 0.838. The Balaban J connectivity index is 1.45. The molecule has 2 bridgehead atoms. The van der Waals surface area contributed by atoms with Gasteiger partial charge in [-0.1, -0.05) is 6.42 Å². The number of rotatable bonds is 4. The Labute approximate surface area is 119 Å². The predicted molar refractivity (Wildman–Crippen MR) is 81.3 cm³/mol. The molecule has 0 aromatic carbocycles. The number of piperidine rings is 1. The molecule has 0 radical (unpaired) electrons. The van der Waals surface area contributed by atoms with Crippen LogP contribution in [0.2, 0.25) is 0 Å². The van der Waals surface area contributed by atoms with Crippen molar-refractivity contribution in [2.45, 2.75) is 77.4 Å². The van der Waals surface area contributed by atoms with Crippen LogP contribution in [0.15, 0.2) is 0 Å². The smallest absolute Gasteiger partial charge is 0.00940 e. The van der Waals surface area contributed by atoms with Crippen LogP contribution in [0.3, 0.4) is 0 Å². The van der Waals surface area contributed by atoms with Crippen molar-refractivity contribution in [2.75, 3.05) is 13.1 Å². The SMILES string of the molecule is CC(NC1CCN(C(C)C)CC1)C1CC2CCC1C2. The largest absolute Gasteiger partial charge is 0.311 e. The van der Waals surface area contributed by atoms with Crippen molar-refractivity contribution in [1.29, 1.82) is 0 Å². The van der Waals surface area contributed by atoms with Crippen LogP contribution in [-0.4, -0.2) is 36.1 Å². The van der Waals surface area contributed by atoms with Crippen LogP contribution < -0.4 is 5.32 Å². The summed E-state index contributed by atoms with van der Waals surface area (Å²) in [5.74, 6) is 3.13. The molecule has 0 aromatic rings. The van der Waals surface area contributed by atoms with Crippen LogP contribution in [0.25, 0.3) is 0 Å². The van der Waals surface area contributed by atoms with E-state index < -0.39 is 0 Å². The van der Waals surface area contributed by atoms with Gasteiger partial charge in [0.05, 0.1) is 0 Å². The van der Waals surface area contributed by atoms with Crippen molar-refractivity contribution >= 4 is 0 Å². The molecular weight excluding hydrogens is 232 g/mol. The zero-order chi connectivity index (χ0) is 13.4. The third kappa shape index (κ3) is 3.00. The molecule has 0 amide bonds. The van der Waals surface area contributed by atoms with Gasteiger partial charge in [-0.3, -0.25) is 0 Å². The molecule has 0 spiro atoms. The van der Waals surface area contributed by atoms with Crippen molar-refractivity contribution in [1.82, 2.24) is 10.2 Å². The molecule has 2 aliphatic carbocycles. The van der Waals surface area contributed by atoms with E-state index in [4.69, 9.17) is 0 Å². The molecule has 2 nitrogen and oxygen atoms in total. The number of nitrogens with one attached hydrogen (secondary N) is 1. The molecular formula is C17H32N2. The minimum absolute atomic E-state index is 0.726. The first-order valence-electron chi connectivity index (χ1n) is 8.63. The van der Waals surface area contributed by atoms with E-state index in [0.29, 0.717) is 0 Å². The van der Waals surface area contributed by atoms with E-state index in [0.717, 1.165) is 35.9 Å². The summed E-state index contributed by atoms with van der Waals surface area (Å²) in [4.78, 5) is 2.63. The topological polar surface area (TPSA) is 15.3 Å². The van der Waals surface area contributed by atoms with Crippen LogP contribution in [-0.2, 0) is 0 Å². The highest BCUT2D eigenvalue weighted by atomic mass is 15.2. The first-order chi connectivity index (χ1) is 9.13. The van der Waals surface area contributed by atoms with E-state index >= 15 is 0 Å². The van der Waals surface area contributed by atoms with Crippen molar-refractivity contribution in [3.05, 3.63) is 0 Å². The molecule has 3 rings (SSSR count). The van der Waals surface area contributed by atoms with Crippen molar-refractivity contribution in [3.63, 3.8) is 0 Å². The van der Waals surface area contributed by atoms with E-state index in [1.807, 2.05) is 0 Å². The fourth-order valence-corrected chi connectivity index (χ4v) is 4.98. The molecule has 1 N–H and O–H groups in total. The number of hydrogen-bond acceptors (Lipinski definition) is 2. The number of fused-ring (bicyclic) bond motifs is 2. The Morgan fingerprint density at radius 1 is 0.947 bits per heavy atom. The molecule has 0 aromatic heterocycles. The first-order valence-corrected chi connectivity index (χ1v) is 8.63. The Bertz CT molecular complexity index is 294. The summed E-state index contributed by atoms with van der Waals surface area (Å²) >= 11 is 0. The maximum Gasteiger partial charge on any atom is 0.00940 e. The molecule has 3 fully saturated rings. The van der Waals surface area contributed by atoms with Gasteiger partial charge in [-0.15, -0.1) is 0 Å². The molecule has 2 heteroatoms. The van der Waals surface area contributed by atoms with E-state index in [-0.39, 0.29) is 0 Å². The first kappa shape index (κ1) is 13.9. The molecule has 1 heterocycles.